The Bertz CT molecular complexity index is 158. The normalized spacial score (nSPS) is 16.8. The van der Waals surface area contributed by atoms with Crippen molar-refractivity contribution in [2.45, 2.75) is 39.5 Å². The van der Waals surface area contributed by atoms with Crippen LogP contribution in [0.3, 0.4) is 0 Å². The number of hydrogen-bond acceptors (Lipinski definition) is 4. The van der Waals surface area contributed by atoms with Crippen LogP contribution >= 0.6 is 12.1 Å². The fourth-order valence-electron chi connectivity index (χ4n) is 1.16. The molecular formula is C8H17N3S. The van der Waals surface area contributed by atoms with Gasteiger partial charge in [0.2, 0.25) is 0 Å². The number of unbranched alkanes of at least 4 members (excludes halogenated alkanes) is 3. The highest BCUT2D eigenvalue weighted by Gasteiger charge is 2.11. The molecule has 4 heteroatoms. The van der Waals surface area contributed by atoms with Crippen molar-refractivity contribution in [3.8, 4) is 0 Å². The molecule has 0 spiro atoms. The van der Waals surface area contributed by atoms with Gasteiger partial charge in [-0.3, -0.25) is 5.01 Å². The second-order valence-electron chi connectivity index (χ2n) is 3.03. The van der Waals surface area contributed by atoms with Gasteiger partial charge in [0, 0.05) is 6.54 Å². The number of nitrogens with one attached hydrogen (secondary N) is 1. The number of hydrogen-bond donors (Lipinski definition) is 1. The van der Waals surface area contributed by atoms with E-state index in [-0.39, 0.29) is 0 Å². The van der Waals surface area contributed by atoms with Crippen LogP contribution in [0, 0.1) is 0 Å². The zero-order valence-electron chi connectivity index (χ0n) is 7.84. The third-order valence-electron chi connectivity index (χ3n) is 1.95. The molecule has 0 aromatic heterocycles. The van der Waals surface area contributed by atoms with Gasteiger partial charge in [-0.15, -0.1) is 0 Å². The summed E-state index contributed by atoms with van der Waals surface area (Å²) < 4.78 is 4.16. The molecule has 0 aromatic carbocycles. The average molecular weight is 187 g/mol. The van der Waals surface area contributed by atoms with E-state index in [9.17, 15) is 0 Å². The smallest absolute Gasteiger partial charge is 0.126 e. The van der Waals surface area contributed by atoms with E-state index in [0.29, 0.717) is 0 Å². The summed E-state index contributed by atoms with van der Waals surface area (Å²) in [5.74, 6) is 1.09. The molecule has 0 bridgehead atoms. The van der Waals surface area contributed by atoms with E-state index < -0.39 is 0 Å². The van der Waals surface area contributed by atoms with Crippen molar-refractivity contribution >= 4 is 18.0 Å². The lowest BCUT2D eigenvalue weighted by Crippen LogP contribution is -2.33. The number of hydrazine groups is 1. The molecule has 0 radical (unpaired) electrons. The lowest BCUT2D eigenvalue weighted by atomic mass is 10.2. The highest BCUT2D eigenvalue weighted by Crippen LogP contribution is 2.10. The van der Waals surface area contributed by atoms with Crippen LogP contribution in [0.5, 0.6) is 0 Å². The molecule has 1 heterocycles. The van der Waals surface area contributed by atoms with Gasteiger partial charge in [0.1, 0.15) is 5.84 Å². The van der Waals surface area contributed by atoms with E-state index in [0.717, 1.165) is 12.4 Å². The third kappa shape index (κ3) is 3.03. The fourth-order valence-corrected chi connectivity index (χ4v) is 1.75. The molecule has 12 heavy (non-hydrogen) atoms. The van der Waals surface area contributed by atoms with Gasteiger partial charge in [0.05, 0.1) is 12.1 Å². The van der Waals surface area contributed by atoms with Crippen LogP contribution in [-0.4, -0.2) is 17.4 Å². The van der Waals surface area contributed by atoms with E-state index in [1.807, 2.05) is 6.92 Å². The van der Waals surface area contributed by atoms with Crippen LogP contribution in [-0.2, 0) is 0 Å². The molecule has 0 saturated carbocycles. The first-order valence-corrected chi connectivity index (χ1v) is 5.35. The molecule has 0 aliphatic carbocycles. The Morgan fingerprint density at radius 2 is 2.25 bits per heavy atom. The summed E-state index contributed by atoms with van der Waals surface area (Å²) in [4.78, 5) is 3.13. The molecule has 0 saturated heterocycles. The van der Waals surface area contributed by atoms with Gasteiger partial charge in [0.15, 0.2) is 0 Å². The molecule has 1 aliphatic heterocycles. The summed E-state index contributed by atoms with van der Waals surface area (Å²) in [5, 5.41) is 2.11. The van der Waals surface area contributed by atoms with Crippen LogP contribution in [0.1, 0.15) is 39.5 Å². The van der Waals surface area contributed by atoms with Gasteiger partial charge < -0.3 is 0 Å². The molecule has 0 unspecified atom stereocenters. The van der Waals surface area contributed by atoms with Crippen molar-refractivity contribution < 1.29 is 0 Å². The van der Waals surface area contributed by atoms with Gasteiger partial charge in [-0.25, -0.2) is 0 Å². The predicted octanol–water partition coefficient (Wildman–Crippen LogP) is 2.37. The van der Waals surface area contributed by atoms with E-state index in [4.69, 9.17) is 0 Å². The number of amidine groups is 1. The Morgan fingerprint density at radius 1 is 1.42 bits per heavy atom. The first-order chi connectivity index (χ1) is 5.84. The zero-order valence-corrected chi connectivity index (χ0v) is 8.65. The molecule has 0 aromatic rings. The average Bonchev–Trinajstić information content (AvgIpc) is 2.46. The van der Waals surface area contributed by atoms with E-state index in [1.165, 1.54) is 37.8 Å². The van der Waals surface area contributed by atoms with Crippen molar-refractivity contribution in [3.05, 3.63) is 0 Å². The summed E-state index contributed by atoms with van der Waals surface area (Å²) in [6.45, 7) is 5.35. The van der Waals surface area contributed by atoms with Crippen LogP contribution in [0.15, 0.2) is 4.40 Å². The van der Waals surface area contributed by atoms with Crippen LogP contribution in [0.4, 0.5) is 0 Å². The van der Waals surface area contributed by atoms with Crippen molar-refractivity contribution in [2.24, 2.45) is 4.40 Å². The molecule has 0 atom stereocenters. The minimum Gasteiger partial charge on any atom is -0.284 e. The van der Waals surface area contributed by atoms with E-state index in [1.54, 1.807) is 0 Å². The first kappa shape index (κ1) is 9.86. The second kappa shape index (κ2) is 5.43. The maximum absolute atomic E-state index is 4.16. The highest BCUT2D eigenvalue weighted by molar-refractivity contribution is 7.96. The van der Waals surface area contributed by atoms with Gasteiger partial charge in [-0.05, 0) is 13.3 Å². The molecule has 0 amide bonds. The summed E-state index contributed by atoms with van der Waals surface area (Å²) in [7, 11) is 0. The van der Waals surface area contributed by atoms with Crippen molar-refractivity contribution in [1.29, 1.82) is 0 Å². The summed E-state index contributed by atoms with van der Waals surface area (Å²) in [5.41, 5.74) is 0. The topological polar surface area (TPSA) is 27.6 Å². The van der Waals surface area contributed by atoms with Gasteiger partial charge in [-0.1, -0.05) is 26.2 Å². The Labute approximate surface area is 78.9 Å². The lowest BCUT2D eigenvalue weighted by molar-refractivity contribution is 0.387. The molecular weight excluding hydrogens is 170 g/mol. The van der Waals surface area contributed by atoms with Crippen molar-refractivity contribution in [3.63, 3.8) is 0 Å². The first-order valence-electron chi connectivity index (χ1n) is 4.58. The quantitative estimate of drug-likeness (QED) is 0.529. The standard InChI is InChI=1S/C8H17N3S/c1-3-4-5-6-7-11-8(2)9-12-10-11/h10H,3-7H2,1-2H3. The Balaban J connectivity index is 2.03. The van der Waals surface area contributed by atoms with Crippen LogP contribution in [0.2, 0.25) is 0 Å². The molecule has 3 nitrogen and oxygen atoms in total. The Hall–Kier alpha value is -0.220. The second-order valence-corrected chi connectivity index (χ2v) is 3.58. The van der Waals surface area contributed by atoms with Crippen LogP contribution < -0.4 is 4.83 Å². The van der Waals surface area contributed by atoms with Gasteiger partial charge in [-0.2, -0.15) is 9.23 Å². The zero-order chi connectivity index (χ0) is 8.81. The molecule has 0 fully saturated rings. The maximum Gasteiger partial charge on any atom is 0.126 e. The van der Waals surface area contributed by atoms with Gasteiger partial charge >= 0.3 is 0 Å². The van der Waals surface area contributed by atoms with Gasteiger partial charge in [0.25, 0.3) is 0 Å². The predicted molar refractivity (Wildman–Crippen MR) is 54.7 cm³/mol. The number of nitrogens with zero attached hydrogens (tertiary/aromatic N) is 2. The van der Waals surface area contributed by atoms with Crippen molar-refractivity contribution in [2.75, 3.05) is 6.54 Å². The fraction of sp³-hybridized carbons (Fsp3) is 0.875. The van der Waals surface area contributed by atoms with E-state index in [2.05, 4.69) is 21.2 Å². The molecule has 1 N–H and O–H groups in total. The summed E-state index contributed by atoms with van der Waals surface area (Å²) in [6.07, 6.45) is 5.23. The Kier molecular flexibility index (Phi) is 4.46. The SMILES string of the molecule is CCCCCCN1NSN=C1C. The lowest BCUT2D eigenvalue weighted by Gasteiger charge is -2.16. The van der Waals surface area contributed by atoms with E-state index >= 15 is 0 Å². The Morgan fingerprint density at radius 3 is 2.83 bits per heavy atom. The summed E-state index contributed by atoms with van der Waals surface area (Å²) in [6, 6.07) is 0. The maximum atomic E-state index is 4.16. The highest BCUT2D eigenvalue weighted by atomic mass is 32.2. The minimum atomic E-state index is 1.09. The number of rotatable bonds is 5. The van der Waals surface area contributed by atoms with Crippen LogP contribution in [0.25, 0.3) is 0 Å². The molecule has 70 valence electrons. The van der Waals surface area contributed by atoms with Crippen molar-refractivity contribution in [1.82, 2.24) is 9.84 Å². The monoisotopic (exact) mass is 187 g/mol. The third-order valence-corrected chi connectivity index (χ3v) is 2.61. The molecule has 1 aliphatic rings. The molecule has 1 rings (SSSR count). The minimum absolute atomic E-state index is 1.09. The summed E-state index contributed by atoms with van der Waals surface area (Å²) >= 11 is 1.42. The largest absolute Gasteiger partial charge is 0.284 e.